The predicted molar refractivity (Wildman–Crippen MR) is 56.8 cm³/mol. The lowest BCUT2D eigenvalue weighted by Gasteiger charge is -2.34. The molecule has 82 valence electrons. The number of carbonyl (C=O) groups excluding carboxylic acids is 2. The SMILES string of the molecule is C#CCCN1CC(=O)NC(C(C)C)C1=O. The van der Waals surface area contributed by atoms with Crippen LogP contribution in [0.25, 0.3) is 0 Å². The lowest BCUT2D eigenvalue weighted by atomic mass is 10.0. The van der Waals surface area contributed by atoms with E-state index in [1.807, 2.05) is 13.8 Å². The molecule has 1 fully saturated rings. The van der Waals surface area contributed by atoms with E-state index in [1.165, 1.54) is 4.90 Å². The van der Waals surface area contributed by atoms with Crippen LogP contribution >= 0.6 is 0 Å². The Balaban J connectivity index is 2.68. The minimum atomic E-state index is -0.399. The molecule has 1 saturated heterocycles. The number of nitrogens with one attached hydrogen (secondary N) is 1. The maximum absolute atomic E-state index is 11.9. The largest absolute Gasteiger partial charge is 0.343 e. The van der Waals surface area contributed by atoms with Gasteiger partial charge in [0, 0.05) is 13.0 Å². The Morgan fingerprint density at radius 1 is 1.60 bits per heavy atom. The van der Waals surface area contributed by atoms with Crippen LogP contribution < -0.4 is 5.32 Å². The Kier molecular flexibility index (Phi) is 3.73. The molecule has 4 nitrogen and oxygen atoms in total. The molecule has 0 aromatic rings. The van der Waals surface area contributed by atoms with E-state index in [0.717, 1.165) is 0 Å². The lowest BCUT2D eigenvalue weighted by molar-refractivity contribution is -0.145. The molecular weight excluding hydrogens is 192 g/mol. The summed E-state index contributed by atoms with van der Waals surface area (Å²) in [4.78, 5) is 24.7. The van der Waals surface area contributed by atoms with E-state index in [9.17, 15) is 9.59 Å². The Hall–Kier alpha value is -1.50. The molecule has 1 unspecified atom stereocenters. The number of rotatable bonds is 3. The zero-order chi connectivity index (χ0) is 11.4. The van der Waals surface area contributed by atoms with Crippen LogP contribution in [-0.4, -0.2) is 35.8 Å². The standard InChI is InChI=1S/C11H16N2O2/c1-4-5-6-13-7-9(14)12-10(8(2)3)11(13)15/h1,8,10H,5-7H2,2-3H3,(H,12,14). The molecule has 0 saturated carbocycles. The van der Waals surface area contributed by atoms with E-state index in [1.54, 1.807) is 0 Å². The van der Waals surface area contributed by atoms with Crippen molar-refractivity contribution >= 4 is 11.8 Å². The van der Waals surface area contributed by atoms with Gasteiger partial charge in [-0.25, -0.2) is 0 Å². The van der Waals surface area contributed by atoms with Gasteiger partial charge in [0.1, 0.15) is 6.04 Å². The molecule has 0 aliphatic carbocycles. The first-order valence-corrected chi connectivity index (χ1v) is 5.08. The van der Waals surface area contributed by atoms with Crippen molar-refractivity contribution in [1.82, 2.24) is 10.2 Å². The third-order valence-electron chi connectivity index (χ3n) is 2.42. The number of terminal acetylenes is 1. The van der Waals surface area contributed by atoms with Gasteiger partial charge in [0.05, 0.1) is 6.54 Å². The van der Waals surface area contributed by atoms with Crippen LogP contribution in [0.4, 0.5) is 0 Å². The maximum Gasteiger partial charge on any atom is 0.245 e. The summed E-state index contributed by atoms with van der Waals surface area (Å²) in [7, 11) is 0. The van der Waals surface area contributed by atoms with Crippen LogP contribution in [0.15, 0.2) is 0 Å². The van der Waals surface area contributed by atoms with Crippen molar-refractivity contribution in [3.05, 3.63) is 0 Å². The van der Waals surface area contributed by atoms with E-state index < -0.39 is 6.04 Å². The first kappa shape index (κ1) is 11.6. The molecule has 0 radical (unpaired) electrons. The Morgan fingerprint density at radius 2 is 2.27 bits per heavy atom. The first-order valence-electron chi connectivity index (χ1n) is 5.08. The molecule has 0 spiro atoms. The average molecular weight is 208 g/mol. The highest BCUT2D eigenvalue weighted by atomic mass is 16.2. The zero-order valence-corrected chi connectivity index (χ0v) is 9.12. The second-order valence-corrected chi connectivity index (χ2v) is 4.00. The Labute approximate surface area is 90.0 Å². The van der Waals surface area contributed by atoms with Gasteiger partial charge in [-0.3, -0.25) is 9.59 Å². The summed E-state index contributed by atoms with van der Waals surface area (Å²) in [6.45, 7) is 4.41. The van der Waals surface area contributed by atoms with Crippen molar-refractivity contribution in [2.24, 2.45) is 5.92 Å². The Bertz CT molecular complexity index is 304. The molecule has 0 aromatic carbocycles. The van der Waals surface area contributed by atoms with E-state index in [0.29, 0.717) is 13.0 Å². The van der Waals surface area contributed by atoms with Gasteiger partial charge in [0.25, 0.3) is 0 Å². The van der Waals surface area contributed by atoms with Crippen LogP contribution in [0, 0.1) is 18.3 Å². The van der Waals surface area contributed by atoms with Gasteiger partial charge in [-0.05, 0) is 5.92 Å². The number of hydrogen-bond donors (Lipinski definition) is 1. The molecule has 1 atom stereocenters. The molecule has 1 aliphatic rings. The van der Waals surface area contributed by atoms with Crippen molar-refractivity contribution in [3.8, 4) is 12.3 Å². The minimum absolute atomic E-state index is 0.0279. The van der Waals surface area contributed by atoms with E-state index in [2.05, 4.69) is 11.2 Å². The van der Waals surface area contributed by atoms with Crippen LogP contribution in [-0.2, 0) is 9.59 Å². The van der Waals surface area contributed by atoms with Gasteiger partial charge in [0.15, 0.2) is 0 Å². The van der Waals surface area contributed by atoms with Crippen LogP contribution in [0.5, 0.6) is 0 Å². The van der Waals surface area contributed by atoms with Crippen molar-refractivity contribution in [3.63, 3.8) is 0 Å². The highest BCUT2D eigenvalue weighted by molar-refractivity contribution is 5.94. The molecule has 1 aliphatic heterocycles. The molecular formula is C11H16N2O2. The predicted octanol–water partition coefficient (Wildman–Crippen LogP) is -0.00730. The summed E-state index contributed by atoms with van der Waals surface area (Å²) in [5, 5.41) is 2.69. The molecule has 2 amide bonds. The average Bonchev–Trinajstić information content (AvgIpc) is 2.18. The summed E-state index contributed by atoms with van der Waals surface area (Å²) in [5.41, 5.74) is 0. The number of amides is 2. The van der Waals surface area contributed by atoms with Gasteiger partial charge >= 0.3 is 0 Å². The first-order chi connectivity index (χ1) is 7.06. The summed E-state index contributed by atoms with van der Waals surface area (Å²) in [6, 6.07) is -0.399. The van der Waals surface area contributed by atoms with Gasteiger partial charge in [-0.1, -0.05) is 13.8 Å². The van der Waals surface area contributed by atoms with E-state index >= 15 is 0 Å². The number of carbonyl (C=O) groups is 2. The third kappa shape index (κ3) is 2.72. The number of piperazine rings is 1. The number of hydrogen-bond acceptors (Lipinski definition) is 2. The van der Waals surface area contributed by atoms with Crippen molar-refractivity contribution < 1.29 is 9.59 Å². The highest BCUT2D eigenvalue weighted by Gasteiger charge is 2.33. The van der Waals surface area contributed by atoms with Crippen molar-refractivity contribution in [1.29, 1.82) is 0 Å². The molecule has 1 heterocycles. The van der Waals surface area contributed by atoms with Gasteiger partial charge < -0.3 is 10.2 Å². The molecule has 15 heavy (non-hydrogen) atoms. The lowest BCUT2D eigenvalue weighted by Crippen LogP contribution is -2.59. The summed E-state index contributed by atoms with van der Waals surface area (Å²) in [5.74, 6) is 2.44. The molecule has 0 bridgehead atoms. The molecule has 1 rings (SSSR count). The monoisotopic (exact) mass is 208 g/mol. The third-order valence-corrected chi connectivity index (χ3v) is 2.42. The fourth-order valence-electron chi connectivity index (χ4n) is 1.57. The zero-order valence-electron chi connectivity index (χ0n) is 9.12. The van der Waals surface area contributed by atoms with Gasteiger partial charge in [0.2, 0.25) is 11.8 Å². The van der Waals surface area contributed by atoms with E-state index in [-0.39, 0.29) is 24.3 Å². The van der Waals surface area contributed by atoms with Crippen molar-refractivity contribution in [2.45, 2.75) is 26.3 Å². The van der Waals surface area contributed by atoms with Crippen LogP contribution in [0.1, 0.15) is 20.3 Å². The summed E-state index contributed by atoms with van der Waals surface area (Å²) < 4.78 is 0. The second-order valence-electron chi connectivity index (χ2n) is 4.00. The van der Waals surface area contributed by atoms with Crippen molar-refractivity contribution in [2.75, 3.05) is 13.1 Å². The van der Waals surface area contributed by atoms with Gasteiger partial charge in [-0.2, -0.15) is 0 Å². The normalized spacial score (nSPS) is 21.5. The van der Waals surface area contributed by atoms with Crippen LogP contribution in [0.2, 0.25) is 0 Å². The fourth-order valence-corrected chi connectivity index (χ4v) is 1.57. The quantitative estimate of drug-likeness (QED) is 0.663. The molecule has 1 N–H and O–H groups in total. The highest BCUT2D eigenvalue weighted by Crippen LogP contribution is 2.10. The second kappa shape index (κ2) is 4.83. The van der Waals surface area contributed by atoms with E-state index in [4.69, 9.17) is 6.42 Å². The van der Waals surface area contributed by atoms with Crippen LogP contribution in [0.3, 0.4) is 0 Å². The summed E-state index contributed by atoms with van der Waals surface area (Å²) in [6.07, 6.45) is 5.62. The topological polar surface area (TPSA) is 49.4 Å². The maximum atomic E-state index is 11.9. The Morgan fingerprint density at radius 3 is 2.80 bits per heavy atom. The minimum Gasteiger partial charge on any atom is -0.343 e. The molecule has 0 aromatic heterocycles. The van der Waals surface area contributed by atoms with Gasteiger partial charge in [-0.15, -0.1) is 12.3 Å². The smallest absolute Gasteiger partial charge is 0.245 e. The number of nitrogens with zero attached hydrogens (tertiary/aromatic N) is 1. The summed E-state index contributed by atoms with van der Waals surface area (Å²) >= 11 is 0. The molecule has 4 heteroatoms. The fraction of sp³-hybridized carbons (Fsp3) is 0.636.